The van der Waals surface area contributed by atoms with E-state index in [-0.39, 0.29) is 11.8 Å². The number of hydrogen-bond donors (Lipinski definition) is 2. The minimum Gasteiger partial charge on any atom is -0.319 e. The van der Waals surface area contributed by atoms with Crippen LogP contribution in [0.25, 0.3) is 0 Å². The molecule has 0 aliphatic carbocycles. The van der Waals surface area contributed by atoms with E-state index in [1.165, 1.54) is 4.90 Å². The second-order valence-electron chi connectivity index (χ2n) is 4.65. The zero-order chi connectivity index (χ0) is 13.8. The quantitative estimate of drug-likeness (QED) is 0.807. The lowest BCUT2D eigenvalue weighted by Gasteiger charge is -2.15. The number of carbonyl (C=O) groups excluding carboxylic acids is 2. The maximum atomic E-state index is 12.0. The third-order valence-corrected chi connectivity index (χ3v) is 3.20. The van der Waals surface area contributed by atoms with Crippen molar-refractivity contribution in [1.82, 2.24) is 10.6 Å². The van der Waals surface area contributed by atoms with E-state index in [4.69, 9.17) is 0 Å². The maximum Gasteiger partial charge on any atom is 0.238 e. The van der Waals surface area contributed by atoms with Crippen LogP contribution >= 0.6 is 0 Å². The largest absolute Gasteiger partial charge is 0.319 e. The second kappa shape index (κ2) is 5.95. The van der Waals surface area contributed by atoms with Crippen molar-refractivity contribution in [3.05, 3.63) is 29.3 Å². The van der Waals surface area contributed by atoms with Gasteiger partial charge in [0.25, 0.3) is 0 Å². The smallest absolute Gasteiger partial charge is 0.238 e. The molecule has 1 aliphatic rings. The molecule has 1 aliphatic heterocycles. The summed E-state index contributed by atoms with van der Waals surface area (Å²) in [6.45, 7) is 1.34. The highest BCUT2D eigenvalue weighted by molar-refractivity contribution is 6.19. The van der Waals surface area contributed by atoms with Crippen molar-refractivity contribution in [2.45, 2.75) is 19.4 Å². The maximum absolute atomic E-state index is 12.0. The summed E-state index contributed by atoms with van der Waals surface area (Å²) in [5, 5.41) is 5.99. The standard InChI is InChI=1S/C14H19N3O2/c1-15-6-5-13(18)17-12-4-3-10(9-16-2)7-11(12)8-14(17)19/h3-4,7,15-16H,5-6,8-9H2,1-2H3. The van der Waals surface area contributed by atoms with Crippen LogP contribution in [-0.2, 0) is 22.6 Å². The number of anilines is 1. The van der Waals surface area contributed by atoms with Crippen LogP contribution in [0.4, 0.5) is 5.69 Å². The lowest BCUT2D eigenvalue weighted by atomic mass is 10.1. The molecule has 0 unspecified atom stereocenters. The number of benzene rings is 1. The van der Waals surface area contributed by atoms with Gasteiger partial charge in [0.15, 0.2) is 0 Å². The van der Waals surface area contributed by atoms with Gasteiger partial charge in [-0.25, -0.2) is 4.90 Å². The van der Waals surface area contributed by atoms with Gasteiger partial charge in [-0.1, -0.05) is 12.1 Å². The van der Waals surface area contributed by atoms with Crippen LogP contribution in [0.3, 0.4) is 0 Å². The number of carbonyl (C=O) groups is 2. The molecule has 0 fully saturated rings. The van der Waals surface area contributed by atoms with Crippen molar-refractivity contribution in [1.29, 1.82) is 0 Å². The van der Waals surface area contributed by atoms with E-state index in [9.17, 15) is 9.59 Å². The number of amides is 2. The molecule has 0 aromatic heterocycles. The summed E-state index contributed by atoms with van der Waals surface area (Å²) in [6, 6.07) is 5.81. The number of nitrogens with one attached hydrogen (secondary N) is 2. The molecule has 5 nitrogen and oxygen atoms in total. The molecular formula is C14H19N3O2. The summed E-state index contributed by atoms with van der Waals surface area (Å²) in [5.41, 5.74) is 2.81. The molecule has 0 saturated carbocycles. The van der Waals surface area contributed by atoms with E-state index in [0.717, 1.165) is 23.4 Å². The van der Waals surface area contributed by atoms with Crippen molar-refractivity contribution in [3.8, 4) is 0 Å². The molecule has 5 heteroatoms. The van der Waals surface area contributed by atoms with E-state index >= 15 is 0 Å². The Bertz CT molecular complexity index is 499. The van der Waals surface area contributed by atoms with Crippen LogP contribution in [0, 0.1) is 0 Å². The van der Waals surface area contributed by atoms with Gasteiger partial charge in [0.05, 0.1) is 12.1 Å². The molecule has 0 bridgehead atoms. The number of hydrogen-bond acceptors (Lipinski definition) is 4. The molecule has 1 aromatic carbocycles. The first-order valence-electron chi connectivity index (χ1n) is 6.44. The summed E-state index contributed by atoms with van der Waals surface area (Å²) in [7, 11) is 3.67. The fourth-order valence-corrected chi connectivity index (χ4v) is 2.31. The summed E-state index contributed by atoms with van der Waals surface area (Å²) >= 11 is 0. The van der Waals surface area contributed by atoms with Gasteiger partial charge in [-0.3, -0.25) is 9.59 Å². The summed E-state index contributed by atoms with van der Waals surface area (Å²) in [4.78, 5) is 25.3. The van der Waals surface area contributed by atoms with E-state index in [0.29, 0.717) is 19.4 Å². The van der Waals surface area contributed by atoms with Gasteiger partial charge in [0.2, 0.25) is 11.8 Å². The van der Waals surface area contributed by atoms with Gasteiger partial charge >= 0.3 is 0 Å². The molecule has 0 saturated heterocycles. The van der Waals surface area contributed by atoms with Gasteiger partial charge in [-0.2, -0.15) is 0 Å². The Morgan fingerprint density at radius 3 is 2.79 bits per heavy atom. The molecule has 1 aromatic rings. The lowest BCUT2D eigenvalue weighted by molar-refractivity contribution is -0.125. The first kappa shape index (κ1) is 13.7. The molecule has 0 spiro atoms. The highest BCUT2D eigenvalue weighted by Gasteiger charge is 2.31. The molecule has 2 N–H and O–H groups in total. The Morgan fingerprint density at radius 1 is 1.32 bits per heavy atom. The van der Waals surface area contributed by atoms with Crippen LogP contribution in [0.5, 0.6) is 0 Å². The first-order valence-corrected chi connectivity index (χ1v) is 6.44. The van der Waals surface area contributed by atoms with Crippen molar-refractivity contribution < 1.29 is 9.59 Å². The molecule has 1 heterocycles. The first-order chi connectivity index (χ1) is 9.17. The van der Waals surface area contributed by atoms with Crippen LogP contribution in [0.15, 0.2) is 18.2 Å². The average Bonchev–Trinajstić information content (AvgIpc) is 2.71. The van der Waals surface area contributed by atoms with Crippen molar-refractivity contribution in [2.75, 3.05) is 25.5 Å². The third kappa shape index (κ3) is 2.83. The van der Waals surface area contributed by atoms with Crippen molar-refractivity contribution in [2.24, 2.45) is 0 Å². The molecule has 2 rings (SSSR count). The Balaban J connectivity index is 2.21. The highest BCUT2D eigenvalue weighted by Crippen LogP contribution is 2.30. The van der Waals surface area contributed by atoms with Gasteiger partial charge in [0.1, 0.15) is 0 Å². The molecule has 2 amide bonds. The molecular weight excluding hydrogens is 242 g/mol. The highest BCUT2D eigenvalue weighted by atomic mass is 16.2. The van der Waals surface area contributed by atoms with Gasteiger partial charge in [0, 0.05) is 19.5 Å². The zero-order valence-electron chi connectivity index (χ0n) is 11.3. The van der Waals surface area contributed by atoms with E-state index in [2.05, 4.69) is 10.6 Å². The van der Waals surface area contributed by atoms with Crippen LogP contribution < -0.4 is 15.5 Å². The van der Waals surface area contributed by atoms with Crippen LogP contribution in [0.2, 0.25) is 0 Å². The molecule has 0 atom stereocenters. The molecule has 19 heavy (non-hydrogen) atoms. The van der Waals surface area contributed by atoms with Crippen LogP contribution in [-0.4, -0.2) is 32.5 Å². The lowest BCUT2D eigenvalue weighted by Crippen LogP contribution is -2.35. The Morgan fingerprint density at radius 2 is 2.11 bits per heavy atom. The number of nitrogens with zero attached hydrogens (tertiary/aromatic N) is 1. The minimum absolute atomic E-state index is 0.127. The minimum atomic E-state index is -0.139. The monoisotopic (exact) mass is 261 g/mol. The van der Waals surface area contributed by atoms with Crippen LogP contribution in [0.1, 0.15) is 17.5 Å². The van der Waals surface area contributed by atoms with Gasteiger partial charge in [-0.05, 0) is 31.3 Å². The Hall–Kier alpha value is -1.72. The summed E-state index contributed by atoms with van der Waals surface area (Å²) in [5.74, 6) is -0.267. The third-order valence-electron chi connectivity index (χ3n) is 3.20. The number of rotatable bonds is 5. The summed E-state index contributed by atoms with van der Waals surface area (Å²) < 4.78 is 0. The topological polar surface area (TPSA) is 61.4 Å². The fraction of sp³-hybridized carbons (Fsp3) is 0.429. The average molecular weight is 261 g/mol. The summed E-state index contributed by atoms with van der Waals surface area (Å²) in [6.07, 6.45) is 0.651. The van der Waals surface area contributed by atoms with Crippen molar-refractivity contribution in [3.63, 3.8) is 0 Å². The normalized spacial score (nSPS) is 13.8. The van der Waals surface area contributed by atoms with Crippen molar-refractivity contribution >= 4 is 17.5 Å². The predicted octanol–water partition coefficient (Wildman–Crippen LogP) is 0.431. The molecule has 102 valence electrons. The van der Waals surface area contributed by atoms with E-state index in [1.54, 1.807) is 7.05 Å². The van der Waals surface area contributed by atoms with Gasteiger partial charge < -0.3 is 10.6 Å². The fourth-order valence-electron chi connectivity index (χ4n) is 2.31. The molecule has 0 radical (unpaired) electrons. The SMILES string of the molecule is CNCCC(=O)N1C(=O)Cc2cc(CNC)ccc21. The van der Waals surface area contributed by atoms with E-state index in [1.807, 2.05) is 25.2 Å². The number of fused-ring (bicyclic) bond motifs is 1. The predicted molar refractivity (Wildman–Crippen MR) is 73.9 cm³/mol. The number of imide groups is 1. The van der Waals surface area contributed by atoms with Gasteiger partial charge in [-0.15, -0.1) is 0 Å². The Labute approximate surface area is 113 Å². The Kier molecular flexibility index (Phi) is 4.29. The zero-order valence-corrected chi connectivity index (χ0v) is 11.3. The van der Waals surface area contributed by atoms with E-state index < -0.39 is 0 Å². The second-order valence-corrected chi connectivity index (χ2v) is 4.65.